The van der Waals surface area contributed by atoms with E-state index in [1.807, 2.05) is 0 Å². The Labute approximate surface area is 198 Å². The fourth-order valence-electron chi connectivity index (χ4n) is 3.99. The highest BCUT2D eigenvalue weighted by atomic mass is 35.5. The summed E-state index contributed by atoms with van der Waals surface area (Å²) in [5.41, 5.74) is 1.37. The number of sulfonamides is 1. The van der Waals surface area contributed by atoms with E-state index in [0.29, 0.717) is 29.6 Å². The van der Waals surface area contributed by atoms with Crippen LogP contribution in [0.15, 0.2) is 41.3 Å². The monoisotopic (exact) mass is 497 g/mol. The topological polar surface area (TPSA) is 79.0 Å². The molecule has 2 saturated heterocycles. The summed E-state index contributed by atoms with van der Waals surface area (Å²) in [4.78, 5) is 15.5. The van der Waals surface area contributed by atoms with E-state index in [-0.39, 0.29) is 28.6 Å². The molecule has 4 rings (SSSR count). The van der Waals surface area contributed by atoms with Gasteiger partial charge in [0.15, 0.2) is 0 Å². The third-order valence-corrected chi connectivity index (χ3v) is 8.43. The SMILES string of the molecule is O=C(Nc1cccc(Cl)c1Cl)c1cc(S(=O)(=O)N2CCOCC2)ccc1N1CCCCC1. The highest BCUT2D eigenvalue weighted by Crippen LogP contribution is 2.32. The van der Waals surface area contributed by atoms with Gasteiger partial charge < -0.3 is 15.0 Å². The third kappa shape index (κ3) is 4.89. The lowest BCUT2D eigenvalue weighted by Crippen LogP contribution is -2.40. The molecule has 0 atom stereocenters. The van der Waals surface area contributed by atoms with Crippen LogP contribution in [0.4, 0.5) is 11.4 Å². The van der Waals surface area contributed by atoms with E-state index in [1.165, 1.54) is 10.4 Å². The number of morpholine rings is 1. The number of carbonyl (C=O) groups excluding carboxylic acids is 1. The average Bonchev–Trinajstić information content (AvgIpc) is 2.82. The quantitative estimate of drug-likeness (QED) is 0.667. The van der Waals surface area contributed by atoms with Crippen LogP contribution in [-0.4, -0.2) is 58.0 Å². The number of ether oxygens (including phenoxy) is 1. The van der Waals surface area contributed by atoms with E-state index in [0.717, 1.165) is 32.4 Å². The molecule has 10 heteroatoms. The molecule has 0 saturated carbocycles. The zero-order chi connectivity index (χ0) is 22.7. The largest absolute Gasteiger partial charge is 0.379 e. The van der Waals surface area contributed by atoms with Gasteiger partial charge in [-0.15, -0.1) is 0 Å². The van der Waals surface area contributed by atoms with Crippen molar-refractivity contribution in [2.45, 2.75) is 24.2 Å². The van der Waals surface area contributed by atoms with Gasteiger partial charge >= 0.3 is 0 Å². The fourth-order valence-corrected chi connectivity index (χ4v) is 5.78. The van der Waals surface area contributed by atoms with Crippen LogP contribution in [0.2, 0.25) is 10.0 Å². The molecule has 2 aliphatic rings. The van der Waals surface area contributed by atoms with Crippen LogP contribution < -0.4 is 10.2 Å². The highest BCUT2D eigenvalue weighted by Gasteiger charge is 2.29. The number of hydrogen-bond acceptors (Lipinski definition) is 5. The summed E-state index contributed by atoms with van der Waals surface area (Å²) >= 11 is 12.3. The second-order valence-electron chi connectivity index (χ2n) is 7.80. The van der Waals surface area contributed by atoms with Crippen LogP contribution in [-0.2, 0) is 14.8 Å². The zero-order valence-corrected chi connectivity index (χ0v) is 19.8. The molecule has 0 aromatic heterocycles. The van der Waals surface area contributed by atoms with Crippen LogP contribution in [0.3, 0.4) is 0 Å². The Balaban J connectivity index is 1.72. The molecule has 172 valence electrons. The summed E-state index contributed by atoms with van der Waals surface area (Å²) in [6.07, 6.45) is 3.18. The maximum atomic E-state index is 13.3. The van der Waals surface area contributed by atoms with E-state index in [2.05, 4.69) is 10.2 Å². The molecule has 0 spiro atoms. The van der Waals surface area contributed by atoms with Gasteiger partial charge in [0, 0.05) is 31.9 Å². The Morgan fingerprint density at radius 2 is 1.69 bits per heavy atom. The lowest BCUT2D eigenvalue weighted by Gasteiger charge is -2.31. The van der Waals surface area contributed by atoms with Gasteiger partial charge in [0.2, 0.25) is 10.0 Å². The molecule has 7 nitrogen and oxygen atoms in total. The first kappa shape index (κ1) is 23.3. The molecule has 1 N–H and O–H groups in total. The van der Waals surface area contributed by atoms with Gasteiger partial charge in [-0.25, -0.2) is 8.42 Å². The third-order valence-electron chi connectivity index (χ3n) is 5.72. The number of nitrogens with zero attached hydrogens (tertiary/aromatic N) is 2. The fraction of sp³-hybridized carbons (Fsp3) is 0.409. The minimum absolute atomic E-state index is 0.0856. The lowest BCUT2D eigenvalue weighted by atomic mass is 10.1. The summed E-state index contributed by atoms with van der Waals surface area (Å²) in [7, 11) is -3.75. The van der Waals surface area contributed by atoms with Crippen molar-refractivity contribution in [3.05, 3.63) is 52.0 Å². The first-order valence-corrected chi connectivity index (χ1v) is 12.8. The van der Waals surface area contributed by atoms with Crippen LogP contribution in [0, 0.1) is 0 Å². The lowest BCUT2D eigenvalue weighted by molar-refractivity contribution is 0.0730. The zero-order valence-electron chi connectivity index (χ0n) is 17.5. The Morgan fingerprint density at radius 1 is 0.969 bits per heavy atom. The van der Waals surface area contributed by atoms with Crippen molar-refractivity contribution in [1.82, 2.24) is 4.31 Å². The van der Waals surface area contributed by atoms with Gasteiger partial charge in [-0.3, -0.25) is 4.79 Å². The van der Waals surface area contributed by atoms with Crippen molar-refractivity contribution in [3.63, 3.8) is 0 Å². The number of halogens is 2. The number of nitrogens with one attached hydrogen (secondary N) is 1. The van der Waals surface area contributed by atoms with Crippen molar-refractivity contribution >= 4 is 50.5 Å². The smallest absolute Gasteiger partial charge is 0.257 e. The molecule has 2 aliphatic heterocycles. The molecule has 2 fully saturated rings. The maximum absolute atomic E-state index is 13.3. The molecule has 0 radical (unpaired) electrons. The number of amides is 1. The molecule has 2 aromatic rings. The van der Waals surface area contributed by atoms with E-state index in [9.17, 15) is 13.2 Å². The van der Waals surface area contributed by atoms with Crippen LogP contribution >= 0.6 is 23.2 Å². The molecule has 2 heterocycles. The van der Waals surface area contributed by atoms with E-state index < -0.39 is 15.9 Å². The highest BCUT2D eigenvalue weighted by molar-refractivity contribution is 7.89. The van der Waals surface area contributed by atoms with Crippen LogP contribution in [0.1, 0.15) is 29.6 Å². The predicted molar refractivity (Wildman–Crippen MR) is 126 cm³/mol. The predicted octanol–water partition coefficient (Wildman–Crippen LogP) is 4.26. The number of piperidine rings is 1. The van der Waals surface area contributed by atoms with Gasteiger partial charge in [0.25, 0.3) is 5.91 Å². The second kappa shape index (κ2) is 9.97. The Kier molecular flexibility index (Phi) is 7.27. The van der Waals surface area contributed by atoms with Crippen molar-refractivity contribution in [2.24, 2.45) is 0 Å². The standard InChI is InChI=1S/C22H25Cl2N3O4S/c23-18-5-4-6-19(21(18)24)25-22(28)17-15-16(32(29,30)27-11-13-31-14-12-27)7-8-20(17)26-9-2-1-3-10-26/h4-8,15H,1-3,9-14H2,(H,25,28). The number of anilines is 2. The molecular formula is C22H25Cl2N3O4S. The van der Waals surface area contributed by atoms with Crippen molar-refractivity contribution in [2.75, 3.05) is 49.6 Å². The average molecular weight is 498 g/mol. The van der Waals surface area contributed by atoms with Crippen molar-refractivity contribution < 1.29 is 17.9 Å². The van der Waals surface area contributed by atoms with Crippen molar-refractivity contribution in [3.8, 4) is 0 Å². The summed E-state index contributed by atoms with van der Waals surface area (Å²) in [6, 6.07) is 9.75. The van der Waals surface area contributed by atoms with Gasteiger partial charge in [-0.2, -0.15) is 4.31 Å². The van der Waals surface area contributed by atoms with E-state index >= 15 is 0 Å². The first-order valence-electron chi connectivity index (χ1n) is 10.6. The normalized spacial score (nSPS) is 17.9. The Hall–Kier alpha value is -1.84. The van der Waals surface area contributed by atoms with Crippen LogP contribution in [0.25, 0.3) is 0 Å². The van der Waals surface area contributed by atoms with Crippen molar-refractivity contribution in [1.29, 1.82) is 0 Å². The number of rotatable bonds is 5. The molecular weight excluding hydrogens is 473 g/mol. The molecule has 1 amide bonds. The number of carbonyl (C=O) groups is 1. The first-order chi connectivity index (χ1) is 15.4. The molecule has 0 bridgehead atoms. The number of hydrogen-bond donors (Lipinski definition) is 1. The number of benzene rings is 2. The molecule has 2 aromatic carbocycles. The minimum atomic E-state index is -3.75. The van der Waals surface area contributed by atoms with Gasteiger partial charge in [0.1, 0.15) is 0 Å². The Morgan fingerprint density at radius 3 is 2.41 bits per heavy atom. The minimum Gasteiger partial charge on any atom is -0.379 e. The van der Waals surface area contributed by atoms with Gasteiger partial charge in [-0.05, 0) is 49.6 Å². The van der Waals surface area contributed by atoms with Gasteiger partial charge in [-0.1, -0.05) is 29.3 Å². The second-order valence-corrected chi connectivity index (χ2v) is 10.5. The van der Waals surface area contributed by atoms with Gasteiger partial charge in [0.05, 0.1) is 39.4 Å². The molecule has 0 aliphatic carbocycles. The summed E-state index contributed by atoms with van der Waals surface area (Å²) in [6.45, 7) is 2.91. The van der Waals surface area contributed by atoms with E-state index in [4.69, 9.17) is 27.9 Å². The molecule has 32 heavy (non-hydrogen) atoms. The maximum Gasteiger partial charge on any atom is 0.257 e. The molecule has 0 unspecified atom stereocenters. The van der Waals surface area contributed by atoms with Crippen LogP contribution in [0.5, 0.6) is 0 Å². The van der Waals surface area contributed by atoms with E-state index in [1.54, 1.807) is 30.3 Å². The summed E-state index contributed by atoms with van der Waals surface area (Å²) in [5.74, 6) is -0.436. The summed E-state index contributed by atoms with van der Waals surface area (Å²) < 4.78 is 33.1. The summed E-state index contributed by atoms with van der Waals surface area (Å²) in [5, 5.41) is 3.35. The Bertz CT molecular complexity index is 1100.